The van der Waals surface area contributed by atoms with Gasteiger partial charge in [0.25, 0.3) is 0 Å². The largest absolute Gasteiger partial charge is 0.363 e. The number of fused-ring (bicyclic) bond motifs is 1. The number of thiophene rings is 1. The van der Waals surface area contributed by atoms with Gasteiger partial charge in [-0.2, -0.15) is 0 Å². The number of piperidine rings is 1. The minimum absolute atomic E-state index is 0.460. The molecule has 0 bridgehead atoms. The standard InChI is InChI=1S/C19H25N7S/c1-20-19(21-10-7-17-24-23-16-5-2-3-11-26(16)17)22-15-8-12-25(13-9-15)18-6-4-14-27-18/h2-6,11,14-15H,7-10,12-13H2,1H3,(H2,20,21,22). The molecule has 0 radical (unpaired) electrons. The molecule has 3 aromatic heterocycles. The highest BCUT2D eigenvalue weighted by Gasteiger charge is 2.20. The summed E-state index contributed by atoms with van der Waals surface area (Å²) in [5.41, 5.74) is 0.882. The first kappa shape index (κ1) is 17.8. The van der Waals surface area contributed by atoms with Crippen molar-refractivity contribution >= 4 is 27.9 Å². The number of hydrogen-bond donors (Lipinski definition) is 2. The van der Waals surface area contributed by atoms with Gasteiger partial charge in [-0.3, -0.25) is 9.39 Å². The van der Waals surface area contributed by atoms with Gasteiger partial charge in [0.1, 0.15) is 5.82 Å². The lowest BCUT2D eigenvalue weighted by Crippen LogP contribution is -2.49. The minimum Gasteiger partial charge on any atom is -0.363 e. The highest BCUT2D eigenvalue weighted by atomic mass is 32.1. The molecular formula is C19H25N7S. The van der Waals surface area contributed by atoms with Gasteiger partial charge >= 0.3 is 0 Å². The molecule has 1 fully saturated rings. The Morgan fingerprint density at radius 3 is 2.89 bits per heavy atom. The molecule has 2 N–H and O–H groups in total. The van der Waals surface area contributed by atoms with E-state index in [4.69, 9.17) is 0 Å². The van der Waals surface area contributed by atoms with E-state index in [2.05, 4.69) is 48.2 Å². The van der Waals surface area contributed by atoms with Gasteiger partial charge in [0.15, 0.2) is 11.6 Å². The van der Waals surface area contributed by atoms with E-state index in [0.717, 1.165) is 56.3 Å². The lowest BCUT2D eigenvalue weighted by atomic mass is 10.1. The van der Waals surface area contributed by atoms with E-state index in [1.807, 2.05) is 47.2 Å². The summed E-state index contributed by atoms with van der Waals surface area (Å²) in [6, 6.07) is 10.7. The van der Waals surface area contributed by atoms with E-state index in [9.17, 15) is 0 Å². The van der Waals surface area contributed by atoms with E-state index in [1.165, 1.54) is 5.00 Å². The van der Waals surface area contributed by atoms with Gasteiger partial charge in [-0.1, -0.05) is 6.07 Å². The molecule has 8 heteroatoms. The zero-order chi connectivity index (χ0) is 18.5. The molecule has 1 saturated heterocycles. The second-order valence-corrected chi connectivity index (χ2v) is 7.58. The van der Waals surface area contributed by atoms with E-state index < -0.39 is 0 Å². The van der Waals surface area contributed by atoms with Crippen molar-refractivity contribution in [2.24, 2.45) is 4.99 Å². The average molecular weight is 384 g/mol. The Labute approximate surface area is 163 Å². The smallest absolute Gasteiger partial charge is 0.191 e. The van der Waals surface area contributed by atoms with Crippen LogP contribution in [0.2, 0.25) is 0 Å². The highest BCUT2D eigenvalue weighted by Crippen LogP contribution is 2.24. The van der Waals surface area contributed by atoms with Gasteiger partial charge in [-0.25, -0.2) is 0 Å². The van der Waals surface area contributed by atoms with Gasteiger partial charge in [-0.15, -0.1) is 21.5 Å². The number of pyridine rings is 1. The number of guanidine groups is 1. The predicted octanol–water partition coefficient (Wildman–Crippen LogP) is 2.17. The Morgan fingerprint density at radius 2 is 2.11 bits per heavy atom. The minimum atomic E-state index is 0.460. The van der Waals surface area contributed by atoms with Crippen LogP contribution in [0.3, 0.4) is 0 Å². The highest BCUT2D eigenvalue weighted by molar-refractivity contribution is 7.14. The number of anilines is 1. The third kappa shape index (κ3) is 4.21. The first-order valence-electron chi connectivity index (χ1n) is 9.38. The van der Waals surface area contributed by atoms with Crippen molar-refractivity contribution in [3.05, 3.63) is 47.7 Å². The van der Waals surface area contributed by atoms with E-state index in [-0.39, 0.29) is 0 Å². The van der Waals surface area contributed by atoms with Crippen LogP contribution in [0.25, 0.3) is 5.65 Å². The Morgan fingerprint density at radius 1 is 1.22 bits per heavy atom. The number of rotatable bonds is 5. The van der Waals surface area contributed by atoms with Crippen LogP contribution in [0.4, 0.5) is 5.00 Å². The van der Waals surface area contributed by atoms with Gasteiger partial charge in [0, 0.05) is 45.3 Å². The van der Waals surface area contributed by atoms with Gasteiger partial charge in [-0.05, 0) is 42.5 Å². The van der Waals surface area contributed by atoms with Crippen LogP contribution in [-0.2, 0) is 6.42 Å². The molecular weight excluding hydrogens is 358 g/mol. The molecule has 0 aromatic carbocycles. The zero-order valence-corrected chi connectivity index (χ0v) is 16.3. The summed E-state index contributed by atoms with van der Waals surface area (Å²) >= 11 is 1.82. The Hall–Kier alpha value is -2.61. The van der Waals surface area contributed by atoms with Crippen molar-refractivity contribution in [1.82, 2.24) is 25.2 Å². The van der Waals surface area contributed by atoms with Crippen molar-refractivity contribution in [2.75, 3.05) is 31.6 Å². The molecule has 0 aliphatic carbocycles. The quantitative estimate of drug-likeness (QED) is 0.522. The summed E-state index contributed by atoms with van der Waals surface area (Å²) in [6.07, 6.45) is 5.03. The summed E-state index contributed by atoms with van der Waals surface area (Å²) in [4.78, 5) is 6.84. The molecule has 4 heterocycles. The molecule has 0 amide bonds. The second-order valence-electron chi connectivity index (χ2n) is 6.65. The molecule has 0 spiro atoms. The molecule has 142 valence electrons. The van der Waals surface area contributed by atoms with Crippen LogP contribution in [0.5, 0.6) is 0 Å². The number of hydrogen-bond acceptors (Lipinski definition) is 5. The second kappa shape index (κ2) is 8.39. The zero-order valence-electron chi connectivity index (χ0n) is 15.5. The molecule has 0 atom stereocenters. The van der Waals surface area contributed by atoms with Crippen LogP contribution in [-0.4, -0.2) is 53.3 Å². The van der Waals surface area contributed by atoms with Crippen LogP contribution in [0, 0.1) is 0 Å². The molecule has 3 aromatic rings. The topological polar surface area (TPSA) is 69.8 Å². The number of nitrogens with one attached hydrogen (secondary N) is 2. The number of aliphatic imine (C=N–C) groups is 1. The van der Waals surface area contributed by atoms with Crippen molar-refractivity contribution < 1.29 is 0 Å². The first-order chi connectivity index (χ1) is 13.3. The van der Waals surface area contributed by atoms with Gasteiger partial charge < -0.3 is 15.5 Å². The molecule has 0 saturated carbocycles. The van der Waals surface area contributed by atoms with Crippen molar-refractivity contribution in [3.8, 4) is 0 Å². The Kier molecular flexibility index (Phi) is 5.53. The number of aromatic nitrogens is 3. The Bertz CT molecular complexity index is 879. The summed E-state index contributed by atoms with van der Waals surface area (Å²) in [7, 11) is 1.82. The molecule has 4 rings (SSSR count). The normalized spacial score (nSPS) is 16.0. The third-order valence-corrected chi connectivity index (χ3v) is 5.83. The predicted molar refractivity (Wildman–Crippen MR) is 111 cm³/mol. The van der Waals surface area contributed by atoms with Crippen molar-refractivity contribution in [2.45, 2.75) is 25.3 Å². The third-order valence-electron chi connectivity index (χ3n) is 4.90. The van der Waals surface area contributed by atoms with Gasteiger partial charge in [0.2, 0.25) is 0 Å². The fourth-order valence-electron chi connectivity index (χ4n) is 3.44. The van der Waals surface area contributed by atoms with Crippen LogP contribution in [0.1, 0.15) is 18.7 Å². The molecule has 7 nitrogen and oxygen atoms in total. The summed E-state index contributed by atoms with van der Waals surface area (Å²) in [6.45, 7) is 2.94. The fraction of sp³-hybridized carbons (Fsp3) is 0.421. The number of nitrogens with zero attached hydrogens (tertiary/aromatic N) is 5. The average Bonchev–Trinajstić information content (AvgIpc) is 3.38. The molecule has 0 unspecified atom stereocenters. The van der Waals surface area contributed by atoms with Crippen LogP contribution in [0.15, 0.2) is 46.9 Å². The van der Waals surface area contributed by atoms with E-state index >= 15 is 0 Å². The van der Waals surface area contributed by atoms with Gasteiger partial charge in [0.05, 0.1) is 5.00 Å². The summed E-state index contributed by atoms with van der Waals surface area (Å²) in [5, 5.41) is 18.9. The lowest BCUT2D eigenvalue weighted by molar-refractivity contribution is 0.463. The van der Waals surface area contributed by atoms with Crippen molar-refractivity contribution in [3.63, 3.8) is 0 Å². The maximum absolute atomic E-state index is 4.37. The molecule has 1 aliphatic rings. The van der Waals surface area contributed by atoms with Crippen molar-refractivity contribution in [1.29, 1.82) is 0 Å². The molecule has 1 aliphatic heterocycles. The summed E-state index contributed by atoms with van der Waals surface area (Å²) in [5.74, 6) is 1.82. The maximum Gasteiger partial charge on any atom is 0.191 e. The summed E-state index contributed by atoms with van der Waals surface area (Å²) < 4.78 is 2.03. The van der Waals surface area contributed by atoms with E-state index in [0.29, 0.717) is 6.04 Å². The first-order valence-corrected chi connectivity index (χ1v) is 10.3. The van der Waals surface area contributed by atoms with E-state index in [1.54, 1.807) is 0 Å². The van der Waals surface area contributed by atoms with Crippen LogP contribution < -0.4 is 15.5 Å². The van der Waals surface area contributed by atoms with Crippen LogP contribution >= 0.6 is 11.3 Å². The monoisotopic (exact) mass is 383 g/mol. The maximum atomic E-state index is 4.37. The molecule has 27 heavy (non-hydrogen) atoms. The SMILES string of the molecule is CN=C(NCCc1nnc2ccccn12)NC1CCN(c2cccs2)CC1. The fourth-order valence-corrected chi connectivity index (χ4v) is 4.22. The lowest BCUT2D eigenvalue weighted by Gasteiger charge is -2.33. The Balaban J connectivity index is 1.24.